The highest BCUT2D eigenvalue weighted by molar-refractivity contribution is 5.79. The molecule has 108 valence electrons. The fraction of sp³-hybridized carbons (Fsp3) is 0.846. The largest absolute Gasteiger partial charge is 0.481 e. The molecule has 2 rings (SSSR count). The van der Waals surface area contributed by atoms with Crippen molar-refractivity contribution in [3.63, 3.8) is 0 Å². The lowest BCUT2D eigenvalue weighted by molar-refractivity contribution is -0.146. The standard InChI is InChI=1S/C13H23N3O3/c1-3-15-6-4-11(5-7-15)14(2)13(19)16-8-10(9-16)12(17)18/h10-11H,3-9H2,1-2H3,(H,17,18). The van der Waals surface area contributed by atoms with Crippen LogP contribution in [0.2, 0.25) is 0 Å². The zero-order chi connectivity index (χ0) is 14.0. The van der Waals surface area contributed by atoms with E-state index < -0.39 is 5.97 Å². The molecule has 1 N–H and O–H groups in total. The molecule has 6 heteroatoms. The van der Waals surface area contributed by atoms with Gasteiger partial charge in [-0.05, 0) is 19.4 Å². The Hall–Kier alpha value is -1.30. The van der Waals surface area contributed by atoms with Gasteiger partial charge in [-0.2, -0.15) is 0 Å². The van der Waals surface area contributed by atoms with E-state index in [4.69, 9.17) is 5.11 Å². The van der Waals surface area contributed by atoms with Gasteiger partial charge in [-0.3, -0.25) is 4.79 Å². The molecule has 2 aliphatic rings. The smallest absolute Gasteiger partial charge is 0.320 e. The van der Waals surface area contributed by atoms with Crippen LogP contribution in [0.15, 0.2) is 0 Å². The van der Waals surface area contributed by atoms with Crippen LogP contribution in [0.25, 0.3) is 0 Å². The van der Waals surface area contributed by atoms with Crippen molar-refractivity contribution in [1.29, 1.82) is 0 Å². The van der Waals surface area contributed by atoms with Gasteiger partial charge in [-0.25, -0.2) is 4.79 Å². The Kier molecular flexibility index (Phi) is 4.29. The predicted molar refractivity (Wildman–Crippen MR) is 71.0 cm³/mol. The van der Waals surface area contributed by atoms with Gasteiger partial charge in [-0.15, -0.1) is 0 Å². The Bertz CT molecular complexity index is 347. The number of carboxylic acids is 1. The van der Waals surface area contributed by atoms with Crippen molar-refractivity contribution in [2.24, 2.45) is 5.92 Å². The van der Waals surface area contributed by atoms with Gasteiger partial charge in [0.2, 0.25) is 0 Å². The van der Waals surface area contributed by atoms with E-state index in [0.29, 0.717) is 19.1 Å². The third-order valence-electron chi connectivity index (χ3n) is 4.36. The number of amides is 2. The molecular weight excluding hydrogens is 246 g/mol. The Balaban J connectivity index is 1.79. The van der Waals surface area contributed by atoms with Crippen molar-refractivity contribution in [2.75, 3.05) is 39.8 Å². The van der Waals surface area contributed by atoms with E-state index in [1.165, 1.54) is 0 Å². The number of aliphatic carboxylic acids is 1. The maximum absolute atomic E-state index is 12.2. The third kappa shape index (κ3) is 3.00. The molecule has 2 aliphatic heterocycles. The van der Waals surface area contributed by atoms with Crippen LogP contribution in [-0.2, 0) is 4.79 Å². The molecule has 0 bridgehead atoms. The first-order valence-electron chi connectivity index (χ1n) is 6.99. The Morgan fingerprint density at radius 1 is 1.26 bits per heavy atom. The second kappa shape index (κ2) is 5.77. The maximum Gasteiger partial charge on any atom is 0.320 e. The second-order valence-corrected chi connectivity index (χ2v) is 5.50. The van der Waals surface area contributed by atoms with Crippen molar-refractivity contribution in [3.8, 4) is 0 Å². The number of hydrogen-bond acceptors (Lipinski definition) is 3. The van der Waals surface area contributed by atoms with Crippen molar-refractivity contribution in [1.82, 2.24) is 14.7 Å². The lowest BCUT2D eigenvalue weighted by atomic mass is 10.0. The van der Waals surface area contributed by atoms with Crippen LogP contribution in [0.5, 0.6) is 0 Å². The summed E-state index contributed by atoms with van der Waals surface area (Å²) in [4.78, 5) is 28.7. The summed E-state index contributed by atoms with van der Waals surface area (Å²) in [7, 11) is 1.84. The fourth-order valence-corrected chi connectivity index (χ4v) is 2.79. The molecule has 2 amide bonds. The monoisotopic (exact) mass is 269 g/mol. The summed E-state index contributed by atoms with van der Waals surface area (Å²) in [6.45, 7) is 6.00. The molecular formula is C13H23N3O3. The van der Waals surface area contributed by atoms with Gasteiger partial charge >= 0.3 is 12.0 Å². The topological polar surface area (TPSA) is 64.1 Å². The molecule has 2 fully saturated rings. The summed E-state index contributed by atoms with van der Waals surface area (Å²) in [6, 6.07) is 0.270. The second-order valence-electron chi connectivity index (χ2n) is 5.50. The molecule has 0 spiro atoms. The van der Waals surface area contributed by atoms with Crippen molar-refractivity contribution in [2.45, 2.75) is 25.8 Å². The Morgan fingerprint density at radius 2 is 1.84 bits per heavy atom. The summed E-state index contributed by atoms with van der Waals surface area (Å²) < 4.78 is 0. The van der Waals surface area contributed by atoms with Crippen LogP contribution < -0.4 is 0 Å². The van der Waals surface area contributed by atoms with Crippen LogP contribution in [0.1, 0.15) is 19.8 Å². The molecule has 0 atom stereocenters. The van der Waals surface area contributed by atoms with Gasteiger partial charge < -0.3 is 19.8 Å². The molecule has 0 aromatic carbocycles. The summed E-state index contributed by atoms with van der Waals surface area (Å²) in [5.74, 6) is -1.18. The van der Waals surface area contributed by atoms with E-state index in [0.717, 1.165) is 32.5 Å². The van der Waals surface area contributed by atoms with Gasteiger partial charge in [0, 0.05) is 39.3 Å². The lowest BCUT2D eigenvalue weighted by Crippen LogP contribution is -2.58. The molecule has 6 nitrogen and oxygen atoms in total. The quantitative estimate of drug-likeness (QED) is 0.812. The van der Waals surface area contributed by atoms with Crippen molar-refractivity contribution >= 4 is 12.0 Å². The minimum atomic E-state index is -0.803. The highest BCUT2D eigenvalue weighted by Crippen LogP contribution is 2.21. The number of piperidine rings is 1. The van der Waals surface area contributed by atoms with E-state index in [2.05, 4.69) is 11.8 Å². The van der Waals surface area contributed by atoms with Crippen LogP contribution in [0.4, 0.5) is 4.79 Å². The highest BCUT2D eigenvalue weighted by Gasteiger charge is 2.38. The number of nitrogens with zero attached hydrogens (tertiary/aromatic N) is 3. The molecule has 0 aromatic rings. The van der Waals surface area contributed by atoms with Crippen LogP contribution in [0, 0.1) is 5.92 Å². The fourth-order valence-electron chi connectivity index (χ4n) is 2.79. The van der Waals surface area contributed by atoms with Crippen LogP contribution in [0.3, 0.4) is 0 Å². The molecule has 0 aromatic heterocycles. The zero-order valence-corrected chi connectivity index (χ0v) is 11.7. The number of carboxylic acid groups (broad SMARTS) is 1. The van der Waals surface area contributed by atoms with E-state index in [-0.39, 0.29) is 11.9 Å². The number of rotatable bonds is 3. The molecule has 2 saturated heterocycles. The predicted octanol–water partition coefficient (Wildman–Crippen LogP) is 0.539. The molecule has 0 radical (unpaired) electrons. The number of urea groups is 1. The molecule has 0 aliphatic carbocycles. The lowest BCUT2D eigenvalue weighted by Gasteiger charge is -2.43. The van der Waals surface area contributed by atoms with Crippen LogP contribution >= 0.6 is 0 Å². The molecule has 0 unspecified atom stereocenters. The van der Waals surface area contributed by atoms with Crippen molar-refractivity contribution in [3.05, 3.63) is 0 Å². The van der Waals surface area contributed by atoms with Gasteiger partial charge in [0.05, 0.1) is 5.92 Å². The summed E-state index contributed by atoms with van der Waals surface area (Å²) in [6.07, 6.45) is 2.01. The number of hydrogen-bond donors (Lipinski definition) is 1. The number of carbonyl (C=O) groups excluding carboxylic acids is 1. The van der Waals surface area contributed by atoms with E-state index in [1.807, 2.05) is 7.05 Å². The third-order valence-corrected chi connectivity index (χ3v) is 4.36. The highest BCUT2D eigenvalue weighted by atomic mass is 16.4. The summed E-state index contributed by atoms with van der Waals surface area (Å²) >= 11 is 0. The first-order valence-corrected chi connectivity index (χ1v) is 6.99. The molecule has 0 saturated carbocycles. The van der Waals surface area contributed by atoms with E-state index >= 15 is 0 Å². The minimum Gasteiger partial charge on any atom is -0.481 e. The van der Waals surface area contributed by atoms with E-state index in [9.17, 15) is 9.59 Å². The number of likely N-dealkylation sites (tertiary alicyclic amines) is 2. The Morgan fingerprint density at radius 3 is 2.32 bits per heavy atom. The van der Waals surface area contributed by atoms with Gasteiger partial charge in [0.25, 0.3) is 0 Å². The number of carbonyl (C=O) groups is 2. The van der Waals surface area contributed by atoms with Gasteiger partial charge in [-0.1, -0.05) is 6.92 Å². The Labute approximate surface area is 114 Å². The van der Waals surface area contributed by atoms with Crippen molar-refractivity contribution < 1.29 is 14.7 Å². The molecule has 2 heterocycles. The maximum atomic E-state index is 12.2. The summed E-state index contributed by atoms with van der Waals surface area (Å²) in [5.41, 5.74) is 0. The normalized spacial score (nSPS) is 22.1. The SMILES string of the molecule is CCN1CCC(N(C)C(=O)N2CC(C(=O)O)C2)CC1. The first kappa shape index (κ1) is 14.1. The first-order chi connectivity index (χ1) is 9.02. The van der Waals surface area contributed by atoms with E-state index in [1.54, 1.807) is 9.80 Å². The molecule has 19 heavy (non-hydrogen) atoms. The summed E-state index contributed by atoms with van der Waals surface area (Å²) in [5, 5.41) is 8.82. The average Bonchev–Trinajstić information content (AvgIpc) is 2.35. The zero-order valence-electron chi connectivity index (χ0n) is 11.7. The van der Waals surface area contributed by atoms with Gasteiger partial charge in [0.15, 0.2) is 0 Å². The van der Waals surface area contributed by atoms with Gasteiger partial charge in [0.1, 0.15) is 0 Å². The minimum absolute atomic E-state index is 0.0209. The van der Waals surface area contributed by atoms with Crippen LogP contribution in [-0.4, -0.2) is 77.6 Å². The average molecular weight is 269 g/mol.